The first-order valence-electron chi connectivity index (χ1n) is 4.14. The molecule has 0 amide bonds. The molecule has 1 N–H and O–H groups in total. The molecular formula is C8H9N5O. The summed E-state index contributed by atoms with van der Waals surface area (Å²) in [5, 5.41) is 6.62. The maximum Gasteiger partial charge on any atom is 0.246 e. The summed E-state index contributed by atoms with van der Waals surface area (Å²) in [6.45, 7) is 2.21. The second-order valence-electron chi connectivity index (χ2n) is 2.66. The highest BCUT2D eigenvalue weighted by Gasteiger charge is 2.02. The Morgan fingerprint density at radius 2 is 2.14 bits per heavy atom. The molecule has 0 saturated heterocycles. The van der Waals surface area contributed by atoms with Gasteiger partial charge in [0, 0.05) is 12.4 Å². The quantitative estimate of drug-likeness (QED) is 0.772. The van der Waals surface area contributed by atoms with E-state index in [2.05, 4.69) is 25.4 Å². The molecule has 0 spiro atoms. The zero-order valence-electron chi connectivity index (χ0n) is 7.64. The summed E-state index contributed by atoms with van der Waals surface area (Å²) < 4.78 is 4.91. The van der Waals surface area contributed by atoms with E-state index < -0.39 is 0 Å². The lowest BCUT2D eigenvalue weighted by Gasteiger charge is -1.98. The molecule has 72 valence electrons. The molecule has 2 rings (SSSR count). The second-order valence-corrected chi connectivity index (χ2v) is 2.66. The number of aromatic nitrogens is 4. The van der Waals surface area contributed by atoms with Gasteiger partial charge in [-0.05, 0) is 13.0 Å². The summed E-state index contributed by atoms with van der Waals surface area (Å²) in [7, 11) is 0. The van der Waals surface area contributed by atoms with Crippen molar-refractivity contribution < 1.29 is 4.52 Å². The van der Waals surface area contributed by atoms with Crippen molar-refractivity contribution in [3.05, 3.63) is 30.2 Å². The number of nitrogens with one attached hydrogen (secondary N) is 1. The van der Waals surface area contributed by atoms with E-state index in [0.717, 1.165) is 0 Å². The minimum absolute atomic E-state index is 0.435. The van der Waals surface area contributed by atoms with Crippen molar-refractivity contribution in [2.45, 2.75) is 13.5 Å². The molecule has 0 bridgehead atoms. The average Bonchev–Trinajstić information content (AvgIpc) is 2.63. The normalized spacial score (nSPS) is 10.1. The summed E-state index contributed by atoms with van der Waals surface area (Å²) in [5.74, 6) is 1.69. The lowest BCUT2D eigenvalue weighted by atomic mass is 10.6. The molecule has 0 fully saturated rings. The summed E-state index contributed by atoms with van der Waals surface area (Å²) in [5.41, 5.74) is 0. The van der Waals surface area contributed by atoms with Gasteiger partial charge < -0.3 is 9.84 Å². The molecule has 0 aliphatic rings. The number of rotatable bonds is 3. The topological polar surface area (TPSA) is 76.7 Å². The fourth-order valence-electron chi connectivity index (χ4n) is 0.957. The fourth-order valence-corrected chi connectivity index (χ4v) is 0.957. The number of nitrogens with zero attached hydrogens (tertiary/aromatic N) is 4. The Kier molecular flexibility index (Phi) is 2.35. The van der Waals surface area contributed by atoms with Crippen LogP contribution >= 0.6 is 0 Å². The Labute approximate surface area is 80.4 Å². The van der Waals surface area contributed by atoms with E-state index in [1.807, 2.05) is 0 Å². The van der Waals surface area contributed by atoms with Gasteiger partial charge in [-0.2, -0.15) is 4.98 Å². The van der Waals surface area contributed by atoms with Crippen LogP contribution < -0.4 is 5.32 Å². The van der Waals surface area contributed by atoms with Crippen molar-refractivity contribution in [1.29, 1.82) is 0 Å². The van der Waals surface area contributed by atoms with Crippen LogP contribution in [-0.2, 0) is 6.54 Å². The average molecular weight is 191 g/mol. The zero-order chi connectivity index (χ0) is 9.80. The number of anilines is 1. The van der Waals surface area contributed by atoms with Gasteiger partial charge in [0.2, 0.25) is 11.8 Å². The smallest absolute Gasteiger partial charge is 0.246 e. The maximum absolute atomic E-state index is 4.91. The van der Waals surface area contributed by atoms with Crippen molar-refractivity contribution in [3.8, 4) is 0 Å². The van der Waals surface area contributed by atoms with E-state index in [1.54, 1.807) is 25.4 Å². The van der Waals surface area contributed by atoms with Crippen molar-refractivity contribution in [1.82, 2.24) is 20.1 Å². The molecule has 2 aromatic heterocycles. The zero-order valence-corrected chi connectivity index (χ0v) is 7.64. The molecule has 6 heteroatoms. The molecule has 2 heterocycles. The first kappa shape index (κ1) is 8.61. The van der Waals surface area contributed by atoms with Crippen LogP contribution in [-0.4, -0.2) is 20.1 Å². The molecule has 0 saturated carbocycles. The molecule has 0 unspecified atom stereocenters. The third-order valence-corrected chi connectivity index (χ3v) is 1.53. The largest absolute Gasteiger partial charge is 0.345 e. The second kappa shape index (κ2) is 3.82. The van der Waals surface area contributed by atoms with Crippen LogP contribution in [0.2, 0.25) is 0 Å². The van der Waals surface area contributed by atoms with Crippen LogP contribution in [0, 0.1) is 6.92 Å². The van der Waals surface area contributed by atoms with Crippen molar-refractivity contribution in [3.63, 3.8) is 0 Å². The Bertz CT molecular complexity index is 399. The first-order chi connectivity index (χ1) is 6.84. The van der Waals surface area contributed by atoms with Crippen molar-refractivity contribution in [2.24, 2.45) is 0 Å². The molecule has 6 nitrogen and oxygen atoms in total. The Balaban J connectivity index is 1.95. The van der Waals surface area contributed by atoms with Crippen LogP contribution in [0.3, 0.4) is 0 Å². The molecule has 2 aromatic rings. The van der Waals surface area contributed by atoms with Gasteiger partial charge in [-0.25, -0.2) is 9.97 Å². The van der Waals surface area contributed by atoms with Gasteiger partial charge in [-0.3, -0.25) is 0 Å². The van der Waals surface area contributed by atoms with E-state index in [1.165, 1.54) is 0 Å². The van der Waals surface area contributed by atoms with Crippen molar-refractivity contribution in [2.75, 3.05) is 5.32 Å². The SMILES string of the molecule is Cc1noc(CNc2ncccn2)n1. The van der Waals surface area contributed by atoms with Crippen LogP contribution in [0.25, 0.3) is 0 Å². The molecule has 0 aliphatic heterocycles. The van der Waals surface area contributed by atoms with Gasteiger partial charge in [0.05, 0.1) is 6.54 Å². The standard InChI is InChI=1S/C8H9N5O/c1-6-12-7(14-13-6)5-11-8-9-3-2-4-10-8/h2-4H,5H2,1H3,(H,9,10,11). The maximum atomic E-state index is 4.91. The highest BCUT2D eigenvalue weighted by molar-refractivity contribution is 5.21. The van der Waals surface area contributed by atoms with E-state index >= 15 is 0 Å². The van der Waals surface area contributed by atoms with E-state index in [0.29, 0.717) is 24.2 Å². The van der Waals surface area contributed by atoms with E-state index in [9.17, 15) is 0 Å². The first-order valence-corrected chi connectivity index (χ1v) is 4.14. The predicted molar refractivity (Wildman–Crippen MR) is 48.4 cm³/mol. The van der Waals surface area contributed by atoms with Gasteiger partial charge in [0.25, 0.3) is 0 Å². The number of aryl methyl sites for hydroxylation is 1. The fraction of sp³-hybridized carbons (Fsp3) is 0.250. The molecule has 0 radical (unpaired) electrons. The third kappa shape index (κ3) is 2.03. The highest BCUT2D eigenvalue weighted by Crippen LogP contribution is 2.00. The minimum atomic E-state index is 0.435. The predicted octanol–water partition coefficient (Wildman–Crippen LogP) is 0.780. The van der Waals surface area contributed by atoms with Gasteiger partial charge in [0.1, 0.15) is 0 Å². The van der Waals surface area contributed by atoms with Crippen molar-refractivity contribution >= 4 is 5.95 Å². The van der Waals surface area contributed by atoms with Gasteiger partial charge in [-0.1, -0.05) is 5.16 Å². The third-order valence-electron chi connectivity index (χ3n) is 1.53. The molecular weight excluding hydrogens is 182 g/mol. The van der Waals surface area contributed by atoms with E-state index in [-0.39, 0.29) is 0 Å². The van der Waals surface area contributed by atoms with Gasteiger partial charge in [0.15, 0.2) is 5.82 Å². The highest BCUT2D eigenvalue weighted by atomic mass is 16.5. The Hall–Kier alpha value is -1.98. The van der Waals surface area contributed by atoms with Crippen LogP contribution in [0.1, 0.15) is 11.7 Å². The lowest BCUT2D eigenvalue weighted by Crippen LogP contribution is -2.02. The molecule has 0 aliphatic carbocycles. The number of hydrogen-bond donors (Lipinski definition) is 1. The summed E-state index contributed by atoms with van der Waals surface area (Å²) in [4.78, 5) is 12.0. The number of hydrogen-bond acceptors (Lipinski definition) is 6. The minimum Gasteiger partial charge on any atom is -0.345 e. The molecule has 0 atom stereocenters. The Morgan fingerprint density at radius 1 is 1.36 bits per heavy atom. The van der Waals surface area contributed by atoms with Crippen LogP contribution in [0.4, 0.5) is 5.95 Å². The summed E-state index contributed by atoms with van der Waals surface area (Å²) >= 11 is 0. The van der Waals surface area contributed by atoms with E-state index in [4.69, 9.17) is 4.52 Å². The van der Waals surface area contributed by atoms with Gasteiger partial charge in [-0.15, -0.1) is 0 Å². The van der Waals surface area contributed by atoms with Crippen LogP contribution in [0.15, 0.2) is 23.0 Å². The summed E-state index contributed by atoms with van der Waals surface area (Å²) in [6, 6.07) is 1.75. The summed E-state index contributed by atoms with van der Waals surface area (Å²) in [6.07, 6.45) is 3.32. The van der Waals surface area contributed by atoms with Crippen LogP contribution in [0.5, 0.6) is 0 Å². The molecule has 14 heavy (non-hydrogen) atoms. The molecule has 0 aromatic carbocycles. The lowest BCUT2D eigenvalue weighted by molar-refractivity contribution is 0.379. The van der Waals surface area contributed by atoms with Gasteiger partial charge >= 0.3 is 0 Å². The Morgan fingerprint density at radius 3 is 2.79 bits per heavy atom. The monoisotopic (exact) mass is 191 g/mol.